The number of piperazine rings is 1. The first-order chi connectivity index (χ1) is 9.18. The van der Waals surface area contributed by atoms with Crippen LogP contribution in [-0.4, -0.2) is 35.1 Å². The molecule has 0 amide bonds. The second-order valence-corrected chi connectivity index (χ2v) is 7.62. The summed E-state index contributed by atoms with van der Waals surface area (Å²) in [6.45, 7) is 7.31. The summed E-state index contributed by atoms with van der Waals surface area (Å²) in [7, 11) is 0. The lowest BCUT2D eigenvalue weighted by atomic mass is 9.81. The van der Waals surface area contributed by atoms with E-state index in [0.717, 1.165) is 6.04 Å². The van der Waals surface area contributed by atoms with Crippen molar-refractivity contribution in [3.8, 4) is 0 Å². The zero-order valence-electron chi connectivity index (χ0n) is 13.0. The average molecular weight is 264 g/mol. The van der Waals surface area contributed by atoms with E-state index in [9.17, 15) is 0 Å². The van der Waals surface area contributed by atoms with Crippen molar-refractivity contribution in [3.05, 3.63) is 0 Å². The molecule has 3 fully saturated rings. The Balaban J connectivity index is 1.80. The van der Waals surface area contributed by atoms with E-state index in [2.05, 4.69) is 24.1 Å². The van der Waals surface area contributed by atoms with Crippen LogP contribution >= 0.6 is 0 Å². The molecular weight excluding hydrogens is 232 g/mol. The van der Waals surface area contributed by atoms with E-state index in [-0.39, 0.29) is 0 Å². The van der Waals surface area contributed by atoms with Crippen molar-refractivity contribution >= 4 is 0 Å². The van der Waals surface area contributed by atoms with Gasteiger partial charge in [0.05, 0.1) is 0 Å². The first kappa shape index (κ1) is 13.9. The Morgan fingerprint density at radius 2 is 1.74 bits per heavy atom. The van der Waals surface area contributed by atoms with Crippen molar-refractivity contribution in [2.75, 3.05) is 13.1 Å². The normalized spacial score (nSPS) is 36.9. The third-order valence-electron chi connectivity index (χ3n) is 6.30. The van der Waals surface area contributed by atoms with Gasteiger partial charge in [0, 0.05) is 30.2 Å². The van der Waals surface area contributed by atoms with Crippen LogP contribution in [0.5, 0.6) is 0 Å². The molecule has 1 N–H and O–H groups in total. The molecule has 0 radical (unpaired) electrons. The van der Waals surface area contributed by atoms with Crippen molar-refractivity contribution in [2.24, 2.45) is 0 Å². The Morgan fingerprint density at radius 3 is 2.37 bits per heavy atom. The van der Waals surface area contributed by atoms with Gasteiger partial charge in [-0.15, -0.1) is 0 Å². The fraction of sp³-hybridized carbons (Fsp3) is 1.00. The van der Waals surface area contributed by atoms with Crippen molar-refractivity contribution in [3.63, 3.8) is 0 Å². The third-order valence-corrected chi connectivity index (χ3v) is 6.30. The molecule has 3 rings (SSSR count). The number of rotatable bonds is 2. The third kappa shape index (κ3) is 2.58. The molecule has 19 heavy (non-hydrogen) atoms. The second-order valence-electron chi connectivity index (χ2n) is 7.62. The van der Waals surface area contributed by atoms with Crippen molar-refractivity contribution in [1.29, 1.82) is 0 Å². The molecule has 1 unspecified atom stereocenters. The molecule has 1 atom stereocenters. The van der Waals surface area contributed by atoms with E-state index in [4.69, 9.17) is 0 Å². The van der Waals surface area contributed by atoms with Crippen LogP contribution in [0.25, 0.3) is 0 Å². The Bertz CT molecular complexity index is 302. The summed E-state index contributed by atoms with van der Waals surface area (Å²) in [6.07, 6.45) is 14.4. The van der Waals surface area contributed by atoms with Crippen LogP contribution < -0.4 is 5.32 Å². The Hall–Kier alpha value is -0.0800. The summed E-state index contributed by atoms with van der Waals surface area (Å²) in [6, 6.07) is 0.889. The summed E-state index contributed by atoms with van der Waals surface area (Å²) in [4.78, 5) is 2.99. The molecular formula is C17H32N2. The van der Waals surface area contributed by atoms with Gasteiger partial charge >= 0.3 is 0 Å². The largest absolute Gasteiger partial charge is 0.308 e. The standard InChI is InChI=1S/C17H32N2/c1-3-16(2)14-19(15-9-5-4-6-10-15)17(13-18-16)11-7-8-12-17/h15,18H,3-14H2,1-2H3. The molecule has 0 aromatic heterocycles. The van der Waals surface area contributed by atoms with Crippen LogP contribution in [0.3, 0.4) is 0 Å². The van der Waals surface area contributed by atoms with Gasteiger partial charge < -0.3 is 5.32 Å². The van der Waals surface area contributed by atoms with Gasteiger partial charge in [0.25, 0.3) is 0 Å². The van der Waals surface area contributed by atoms with Crippen molar-refractivity contribution in [1.82, 2.24) is 10.2 Å². The molecule has 2 heteroatoms. The number of hydrogen-bond donors (Lipinski definition) is 1. The van der Waals surface area contributed by atoms with Crippen LogP contribution in [0.15, 0.2) is 0 Å². The number of nitrogens with zero attached hydrogens (tertiary/aromatic N) is 1. The zero-order chi connectivity index (χ0) is 13.3. The Labute approximate surface area is 119 Å². The van der Waals surface area contributed by atoms with Gasteiger partial charge in [0.1, 0.15) is 0 Å². The van der Waals surface area contributed by atoms with Gasteiger partial charge in [-0.05, 0) is 39.0 Å². The molecule has 0 aromatic carbocycles. The molecule has 1 aliphatic heterocycles. The monoisotopic (exact) mass is 264 g/mol. The lowest BCUT2D eigenvalue weighted by molar-refractivity contribution is -0.0315. The van der Waals surface area contributed by atoms with E-state index < -0.39 is 0 Å². The highest BCUT2D eigenvalue weighted by Crippen LogP contribution is 2.42. The van der Waals surface area contributed by atoms with E-state index in [1.807, 2.05) is 0 Å². The number of hydrogen-bond acceptors (Lipinski definition) is 2. The fourth-order valence-corrected chi connectivity index (χ4v) is 4.72. The van der Waals surface area contributed by atoms with E-state index in [0.29, 0.717) is 11.1 Å². The minimum Gasteiger partial charge on any atom is -0.308 e. The summed E-state index contributed by atoms with van der Waals surface area (Å²) < 4.78 is 0. The van der Waals surface area contributed by atoms with Gasteiger partial charge in [0.15, 0.2) is 0 Å². The summed E-state index contributed by atoms with van der Waals surface area (Å²) in [5.41, 5.74) is 0.877. The highest BCUT2D eigenvalue weighted by atomic mass is 15.3. The summed E-state index contributed by atoms with van der Waals surface area (Å²) >= 11 is 0. The smallest absolute Gasteiger partial charge is 0.0337 e. The predicted octanol–water partition coefficient (Wildman–Crippen LogP) is 3.71. The minimum absolute atomic E-state index is 0.352. The van der Waals surface area contributed by atoms with Gasteiger partial charge in [-0.1, -0.05) is 39.0 Å². The summed E-state index contributed by atoms with van der Waals surface area (Å²) in [5, 5.41) is 3.91. The quantitative estimate of drug-likeness (QED) is 0.818. The fourth-order valence-electron chi connectivity index (χ4n) is 4.72. The van der Waals surface area contributed by atoms with Crippen LogP contribution in [0.2, 0.25) is 0 Å². The maximum Gasteiger partial charge on any atom is 0.0337 e. The van der Waals surface area contributed by atoms with Crippen LogP contribution in [0.4, 0.5) is 0 Å². The van der Waals surface area contributed by atoms with E-state index >= 15 is 0 Å². The molecule has 110 valence electrons. The maximum atomic E-state index is 3.91. The molecule has 3 aliphatic rings. The molecule has 0 bridgehead atoms. The Kier molecular flexibility index (Phi) is 3.92. The van der Waals surface area contributed by atoms with Gasteiger partial charge in [0.2, 0.25) is 0 Å². The maximum absolute atomic E-state index is 3.91. The first-order valence-corrected chi connectivity index (χ1v) is 8.69. The number of nitrogens with one attached hydrogen (secondary N) is 1. The molecule has 0 aromatic rings. The van der Waals surface area contributed by atoms with Crippen LogP contribution in [0.1, 0.15) is 78.1 Å². The van der Waals surface area contributed by atoms with E-state index in [1.165, 1.54) is 77.3 Å². The lowest BCUT2D eigenvalue weighted by Crippen LogP contribution is -2.70. The molecule has 1 spiro atoms. The lowest BCUT2D eigenvalue weighted by Gasteiger charge is -2.56. The first-order valence-electron chi connectivity index (χ1n) is 8.69. The van der Waals surface area contributed by atoms with Gasteiger partial charge in [-0.3, -0.25) is 4.90 Å². The SMILES string of the molecule is CCC1(C)CN(C2CCCCC2)C2(CCCC2)CN1. The zero-order valence-corrected chi connectivity index (χ0v) is 13.0. The van der Waals surface area contributed by atoms with Gasteiger partial charge in [-0.2, -0.15) is 0 Å². The second kappa shape index (κ2) is 5.37. The highest BCUT2D eigenvalue weighted by molar-refractivity contribution is 5.07. The summed E-state index contributed by atoms with van der Waals surface area (Å²) in [5.74, 6) is 0. The molecule has 2 aliphatic carbocycles. The average Bonchev–Trinajstić information content (AvgIpc) is 2.93. The molecule has 1 heterocycles. The van der Waals surface area contributed by atoms with E-state index in [1.54, 1.807) is 0 Å². The highest BCUT2D eigenvalue weighted by Gasteiger charge is 2.48. The van der Waals surface area contributed by atoms with Crippen molar-refractivity contribution < 1.29 is 0 Å². The van der Waals surface area contributed by atoms with Crippen LogP contribution in [-0.2, 0) is 0 Å². The Morgan fingerprint density at radius 1 is 1.05 bits per heavy atom. The molecule has 1 saturated heterocycles. The van der Waals surface area contributed by atoms with Gasteiger partial charge in [-0.25, -0.2) is 0 Å². The van der Waals surface area contributed by atoms with Crippen molar-refractivity contribution in [2.45, 2.75) is 95.2 Å². The predicted molar refractivity (Wildman–Crippen MR) is 81.5 cm³/mol. The minimum atomic E-state index is 0.352. The molecule has 2 nitrogen and oxygen atoms in total. The topological polar surface area (TPSA) is 15.3 Å². The van der Waals surface area contributed by atoms with Crippen LogP contribution in [0, 0.1) is 0 Å². The molecule has 2 saturated carbocycles.